The summed E-state index contributed by atoms with van der Waals surface area (Å²) in [5, 5.41) is 10.5. The van der Waals surface area contributed by atoms with Crippen LogP contribution in [0.25, 0.3) is 0 Å². The number of likely N-dealkylation sites (tertiary alicyclic amines) is 1. The summed E-state index contributed by atoms with van der Waals surface area (Å²) < 4.78 is 0. The highest BCUT2D eigenvalue weighted by Gasteiger charge is 2.53. The van der Waals surface area contributed by atoms with E-state index in [0.717, 1.165) is 12.8 Å². The minimum atomic E-state index is -0.632. The summed E-state index contributed by atoms with van der Waals surface area (Å²) in [5.41, 5.74) is -0.102. The first-order valence-corrected chi connectivity index (χ1v) is 6.09. The minimum Gasteiger partial charge on any atom is -0.386 e. The van der Waals surface area contributed by atoms with Gasteiger partial charge in [-0.25, -0.2) is 4.98 Å². The molecule has 1 N–H and O–H groups in total. The monoisotopic (exact) mass is 252 g/mol. The summed E-state index contributed by atoms with van der Waals surface area (Å²) in [4.78, 5) is 17.5. The average molecular weight is 253 g/mol. The Labute approximate surface area is 104 Å². The third kappa shape index (κ3) is 1.91. The van der Waals surface area contributed by atoms with E-state index in [-0.39, 0.29) is 5.91 Å². The topological polar surface area (TPSA) is 53.4 Å². The Morgan fingerprint density at radius 3 is 2.82 bits per heavy atom. The number of hydrogen-bond donors (Lipinski definition) is 1. The van der Waals surface area contributed by atoms with Gasteiger partial charge < -0.3 is 10.0 Å². The molecule has 17 heavy (non-hydrogen) atoms. The molecule has 0 radical (unpaired) electrons. The normalized spacial score (nSPS) is 22.1. The van der Waals surface area contributed by atoms with Crippen molar-refractivity contribution < 1.29 is 9.90 Å². The first kappa shape index (κ1) is 11.0. The summed E-state index contributed by atoms with van der Waals surface area (Å²) in [5.74, 6) is 0.312. The van der Waals surface area contributed by atoms with Gasteiger partial charge in [-0.1, -0.05) is 11.6 Å². The third-order valence-electron chi connectivity index (χ3n) is 3.53. The van der Waals surface area contributed by atoms with Gasteiger partial charge in [0, 0.05) is 11.8 Å². The smallest absolute Gasteiger partial charge is 0.254 e. The molecule has 1 aromatic rings. The Balaban J connectivity index is 1.69. The van der Waals surface area contributed by atoms with Crippen molar-refractivity contribution in [2.45, 2.75) is 18.4 Å². The molecule has 1 amide bonds. The van der Waals surface area contributed by atoms with Crippen LogP contribution in [0.4, 0.5) is 0 Å². The number of carbonyl (C=O) groups excluding carboxylic acids is 1. The van der Waals surface area contributed by atoms with Gasteiger partial charge in [0.25, 0.3) is 5.91 Å². The summed E-state index contributed by atoms with van der Waals surface area (Å²) >= 11 is 5.74. The van der Waals surface area contributed by atoms with Crippen molar-refractivity contribution in [3.05, 3.63) is 29.0 Å². The molecule has 5 heteroatoms. The Hall–Kier alpha value is -1.13. The van der Waals surface area contributed by atoms with Crippen molar-refractivity contribution in [3.63, 3.8) is 0 Å². The fourth-order valence-electron chi connectivity index (χ4n) is 2.36. The van der Waals surface area contributed by atoms with Crippen molar-refractivity contribution in [1.29, 1.82) is 0 Å². The van der Waals surface area contributed by atoms with Gasteiger partial charge in [-0.2, -0.15) is 0 Å². The Morgan fingerprint density at radius 1 is 1.53 bits per heavy atom. The lowest BCUT2D eigenvalue weighted by Gasteiger charge is -2.47. The maximum atomic E-state index is 12.0. The molecule has 0 aromatic carbocycles. The van der Waals surface area contributed by atoms with E-state index < -0.39 is 5.60 Å². The van der Waals surface area contributed by atoms with Crippen LogP contribution >= 0.6 is 11.6 Å². The maximum Gasteiger partial charge on any atom is 0.254 e. The van der Waals surface area contributed by atoms with Gasteiger partial charge in [0.2, 0.25) is 0 Å². The van der Waals surface area contributed by atoms with Crippen molar-refractivity contribution >= 4 is 17.5 Å². The highest BCUT2D eigenvalue weighted by atomic mass is 35.5. The number of β-amino-alcohol motifs (C(OH)–C–C–N with tert-alkyl or cyclic N) is 1. The standard InChI is InChI=1S/C12H13ClN2O2/c13-10-5-8(3-4-14-10)11(16)15-6-12(17,7-15)9-1-2-9/h3-5,9,17H,1-2,6-7H2. The van der Waals surface area contributed by atoms with Gasteiger partial charge in [0.1, 0.15) is 10.8 Å². The number of halogens is 1. The van der Waals surface area contributed by atoms with Crippen LogP contribution in [0.3, 0.4) is 0 Å². The van der Waals surface area contributed by atoms with E-state index in [1.165, 1.54) is 6.20 Å². The molecule has 0 spiro atoms. The number of rotatable bonds is 2. The van der Waals surface area contributed by atoms with E-state index >= 15 is 0 Å². The SMILES string of the molecule is O=C(c1ccnc(Cl)c1)N1CC(O)(C2CC2)C1. The Morgan fingerprint density at radius 2 is 2.24 bits per heavy atom. The van der Waals surface area contributed by atoms with E-state index in [9.17, 15) is 9.90 Å². The number of carbonyl (C=O) groups is 1. The molecule has 1 aliphatic carbocycles. The molecule has 0 unspecified atom stereocenters. The molecule has 1 saturated heterocycles. The van der Waals surface area contributed by atoms with Gasteiger partial charge in [-0.05, 0) is 30.9 Å². The van der Waals surface area contributed by atoms with Crippen molar-refractivity contribution in [1.82, 2.24) is 9.88 Å². The number of hydrogen-bond acceptors (Lipinski definition) is 3. The quantitative estimate of drug-likeness (QED) is 0.808. The average Bonchev–Trinajstić information content (AvgIpc) is 3.08. The molecule has 90 valence electrons. The second-order valence-corrected chi connectivity index (χ2v) is 5.29. The zero-order valence-electron chi connectivity index (χ0n) is 9.27. The number of nitrogens with zero attached hydrogens (tertiary/aromatic N) is 2. The number of pyridine rings is 1. The van der Waals surface area contributed by atoms with Crippen LogP contribution in [0.15, 0.2) is 18.3 Å². The van der Waals surface area contributed by atoms with E-state index in [1.54, 1.807) is 17.0 Å². The summed E-state index contributed by atoms with van der Waals surface area (Å²) in [7, 11) is 0. The van der Waals surface area contributed by atoms with Crippen LogP contribution in [0.2, 0.25) is 5.15 Å². The van der Waals surface area contributed by atoms with Gasteiger partial charge in [-0.15, -0.1) is 0 Å². The van der Waals surface area contributed by atoms with Gasteiger partial charge >= 0.3 is 0 Å². The molecule has 2 heterocycles. The van der Waals surface area contributed by atoms with Gasteiger partial charge in [-0.3, -0.25) is 4.79 Å². The zero-order chi connectivity index (χ0) is 12.0. The van der Waals surface area contributed by atoms with Gasteiger partial charge in [0.05, 0.1) is 13.1 Å². The fraction of sp³-hybridized carbons (Fsp3) is 0.500. The summed E-state index contributed by atoms with van der Waals surface area (Å²) in [6, 6.07) is 3.20. The molecule has 1 saturated carbocycles. The molecule has 3 rings (SSSR count). The second kappa shape index (κ2) is 3.68. The van der Waals surface area contributed by atoms with Gasteiger partial charge in [0.15, 0.2) is 0 Å². The van der Waals surface area contributed by atoms with Crippen LogP contribution in [0, 0.1) is 5.92 Å². The molecule has 0 bridgehead atoms. The van der Waals surface area contributed by atoms with Crippen LogP contribution in [0.5, 0.6) is 0 Å². The van der Waals surface area contributed by atoms with Crippen LogP contribution < -0.4 is 0 Å². The Bertz CT molecular complexity index is 467. The first-order chi connectivity index (χ1) is 8.08. The lowest BCUT2D eigenvalue weighted by Crippen LogP contribution is -2.64. The largest absolute Gasteiger partial charge is 0.386 e. The molecule has 2 aliphatic rings. The van der Waals surface area contributed by atoms with Crippen LogP contribution in [0.1, 0.15) is 23.2 Å². The summed E-state index contributed by atoms with van der Waals surface area (Å²) in [6.07, 6.45) is 3.68. The minimum absolute atomic E-state index is 0.0837. The van der Waals surface area contributed by atoms with E-state index in [2.05, 4.69) is 4.98 Å². The molecule has 2 fully saturated rings. The number of aliphatic hydroxyl groups is 1. The lowest BCUT2D eigenvalue weighted by atomic mass is 9.88. The molecule has 1 aliphatic heterocycles. The van der Waals surface area contributed by atoms with E-state index in [1.807, 2.05) is 0 Å². The van der Waals surface area contributed by atoms with Crippen LogP contribution in [-0.2, 0) is 0 Å². The molecule has 4 nitrogen and oxygen atoms in total. The van der Waals surface area contributed by atoms with Crippen molar-refractivity contribution in [2.24, 2.45) is 5.92 Å². The Kier molecular flexibility index (Phi) is 2.38. The highest BCUT2D eigenvalue weighted by Crippen LogP contribution is 2.44. The molecule has 0 atom stereocenters. The number of amides is 1. The first-order valence-electron chi connectivity index (χ1n) is 5.72. The number of aromatic nitrogens is 1. The van der Waals surface area contributed by atoms with E-state index in [4.69, 9.17) is 11.6 Å². The fourth-order valence-corrected chi connectivity index (χ4v) is 2.53. The van der Waals surface area contributed by atoms with Crippen molar-refractivity contribution in [2.75, 3.05) is 13.1 Å². The molecular formula is C12H13ClN2O2. The predicted octanol–water partition coefficient (Wildman–Crippen LogP) is 1.33. The lowest BCUT2D eigenvalue weighted by molar-refractivity contribution is -0.0958. The summed E-state index contributed by atoms with van der Waals surface area (Å²) in [6.45, 7) is 0.882. The highest BCUT2D eigenvalue weighted by molar-refractivity contribution is 6.29. The second-order valence-electron chi connectivity index (χ2n) is 4.91. The van der Waals surface area contributed by atoms with Crippen molar-refractivity contribution in [3.8, 4) is 0 Å². The zero-order valence-corrected chi connectivity index (χ0v) is 10.0. The molecule has 1 aromatic heterocycles. The van der Waals surface area contributed by atoms with Crippen LogP contribution in [-0.4, -0.2) is 39.6 Å². The molecular weight excluding hydrogens is 240 g/mol. The third-order valence-corrected chi connectivity index (χ3v) is 3.73. The van der Waals surface area contributed by atoms with E-state index in [0.29, 0.717) is 29.7 Å². The predicted molar refractivity (Wildman–Crippen MR) is 62.8 cm³/mol. The maximum absolute atomic E-state index is 12.0.